The minimum absolute atomic E-state index is 0.0178. The van der Waals surface area contributed by atoms with Crippen LogP contribution in [0.25, 0.3) is 11.1 Å². The molecule has 0 bridgehead atoms. The standard InChI is InChI=1S/C11H11NO4/c1-15-7-2-3-8-9(6-7)16-10(12-8)4-5-11(13)14/h2-3,6H,4-5H2,1H3,(H,13,14). The highest BCUT2D eigenvalue weighted by Crippen LogP contribution is 2.21. The second-order valence-electron chi connectivity index (χ2n) is 3.33. The maximum absolute atomic E-state index is 10.4. The van der Waals surface area contributed by atoms with Crippen LogP contribution in [0, 0.1) is 0 Å². The third-order valence-electron chi connectivity index (χ3n) is 2.19. The molecular formula is C11H11NO4. The Morgan fingerprint density at radius 3 is 3.06 bits per heavy atom. The number of carbonyl (C=O) groups is 1. The Bertz CT molecular complexity index is 518. The molecule has 0 radical (unpaired) electrons. The molecule has 1 aromatic heterocycles. The second kappa shape index (κ2) is 4.22. The number of oxazole rings is 1. The fourth-order valence-corrected chi connectivity index (χ4v) is 1.40. The number of aliphatic carboxylic acids is 1. The van der Waals surface area contributed by atoms with Crippen molar-refractivity contribution in [1.29, 1.82) is 0 Å². The highest BCUT2D eigenvalue weighted by atomic mass is 16.5. The monoisotopic (exact) mass is 221 g/mol. The van der Waals surface area contributed by atoms with E-state index < -0.39 is 5.97 Å². The van der Waals surface area contributed by atoms with Crippen LogP contribution >= 0.6 is 0 Å². The van der Waals surface area contributed by atoms with Crippen molar-refractivity contribution in [3.63, 3.8) is 0 Å². The Morgan fingerprint density at radius 2 is 2.38 bits per heavy atom. The van der Waals surface area contributed by atoms with Crippen LogP contribution in [-0.2, 0) is 11.2 Å². The van der Waals surface area contributed by atoms with E-state index in [4.69, 9.17) is 14.3 Å². The first-order valence-corrected chi connectivity index (χ1v) is 4.84. The molecule has 1 N–H and O–H groups in total. The molecule has 0 atom stereocenters. The van der Waals surface area contributed by atoms with Crippen LogP contribution in [0.1, 0.15) is 12.3 Å². The van der Waals surface area contributed by atoms with Gasteiger partial charge in [0, 0.05) is 12.5 Å². The number of carboxylic acids is 1. The van der Waals surface area contributed by atoms with E-state index in [1.165, 1.54) is 0 Å². The average Bonchev–Trinajstić information content (AvgIpc) is 2.67. The largest absolute Gasteiger partial charge is 0.497 e. The minimum Gasteiger partial charge on any atom is -0.497 e. The minimum atomic E-state index is -0.861. The van der Waals surface area contributed by atoms with Crippen LogP contribution in [0.2, 0.25) is 0 Å². The molecule has 0 saturated carbocycles. The summed E-state index contributed by atoms with van der Waals surface area (Å²) in [4.78, 5) is 14.6. The van der Waals surface area contributed by atoms with Gasteiger partial charge in [-0.25, -0.2) is 4.98 Å². The molecular weight excluding hydrogens is 210 g/mol. The molecule has 0 fully saturated rings. The topological polar surface area (TPSA) is 72.6 Å². The number of nitrogens with zero attached hydrogens (tertiary/aromatic N) is 1. The predicted octanol–water partition coefficient (Wildman–Crippen LogP) is 1.85. The van der Waals surface area contributed by atoms with Crippen molar-refractivity contribution in [3.8, 4) is 5.75 Å². The lowest BCUT2D eigenvalue weighted by Crippen LogP contribution is -1.97. The molecule has 0 aliphatic carbocycles. The quantitative estimate of drug-likeness (QED) is 0.852. The van der Waals surface area contributed by atoms with Gasteiger partial charge in [0.2, 0.25) is 0 Å². The highest BCUT2D eigenvalue weighted by molar-refractivity contribution is 5.74. The number of hydrogen-bond donors (Lipinski definition) is 1. The summed E-state index contributed by atoms with van der Waals surface area (Å²) in [7, 11) is 1.57. The Balaban J connectivity index is 2.25. The summed E-state index contributed by atoms with van der Waals surface area (Å²) in [5.74, 6) is 0.263. The van der Waals surface area contributed by atoms with E-state index in [-0.39, 0.29) is 6.42 Å². The van der Waals surface area contributed by atoms with E-state index in [1.54, 1.807) is 25.3 Å². The molecule has 0 spiro atoms. The van der Waals surface area contributed by atoms with Gasteiger partial charge in [-0.05, 0) is 12.1 Å². The molecule has 5 heteroatoms. The predicted molar refractivity (Wildman–Crippen MR) is 56.5 cm³/mol. The van der Waals surface area contributed by atoms with E-state index in [1.807, 2.05) is 0 Å². The molecule has 1 aromatic carbocycles. The molecule has 0 amide bonds. The van der Waals surface area contributed by atoms with Gasteiger partial charge >= 0.3 is 5.97 Å². The van der Waals surface area contributed by atoms with E-state index in [0.717, 1.165) is 0 Å². The summed E-state index contributed by atoms with van der Waals surface area (Å²) in [5, 5.41) is 8.54. The summed E-state index contributed by atoms with van der Waals surface area (Å²) in [5.41, 5.74) is 1.32. The summed E-state index contributed by atoms with van der Waals surface area (Å²) < 4.78 is 10.5. The number of aromatic nitrogens is 1. The van der Waals surface area contributed by atoms with Gasteiger partial charge < -0.3 is 14.3 Å². The maximum atomic E-state index is 10.4. The van der Waals surface area contributed by atoms with E-state index >= 15 is 0 Å². The number of ether oxygens (including phenoxy) is 1. The SMILES string of the molecule is COc1ccc2nc(CCC(=O)O)oc2c1. The molecule has 2 aromatic rings. The molecule has 0 aliphatic heterocycles. The summed E-state index contributed by atoms with van der Waals surface area (Å²) >= 11 is 0. The van der Waals surface area contributed by atoms with Gasteiger partial charge in [-0.2, -0.15) is 0 Å². The Morgan fingerprint density at radius 1 is 1.56 bits per heavy atom. The normalized spacial score (nSPS) is 10.6. The first-order valence-electron chi connectivity index (χ1n) is 4.84. The van der Waals surface area contributed by atoms with Crippen molar-refractivity contribution in [3.05, 3.63) is 24.1 Å². The summed E-state index contributed by atoms with van der Waals surface area (Å²) in [6.07, 6.45) is 0.316. The van der Waals surface area contributed by atoms with E-state index in [2.05, 4.69) is 4.98 Å². The van der Waals surface area contributed by atoms with Gasteiger partial charge in [0.25, 0.3) is 0 Å². The molecule has 0 unspecified atom stereocenters. The van der Waals surface area contributed by atoms with Crippen LogP contribution < -0.4 is 4.74 Å². The van der Waals surface area contributed by atoms with Gasteiger partial charge in [0.15, 0.2) is 11.5 Å². The fourth-order valence-electron chi connectivity index (χ4n) is 1.40. The highest BCUT2D eigenvalue weighted by Gasteiger charge is 2.08. The van der Waals surface area contributed by atoms with Crippen molar-refractivity contribution >= 4 is 17.1 Å². The van der Waals surface area contributed by atoms with Crippen LogP contribution in [-0.4, -0.2) is 23.2 Å². The lowest BCUT2D eigenvalue weighted by Gasteiger charge is -1.95. The molecule has 0 saturated heterocycles. The Hall–Kier alpha value is -2.04. The van der Waals surface area contributed by atoms with Crippen LogP contribution in [0.15, 0.2) is 22.6 Å². The number of carboxylic acid groups (broad SMARTS) is 1. The van der Waals surface area contributed by atoms with E-state index in [0.29, 0.717) is 29.2 Å². The zero-order chi connectivity index (χ0) is 11.5. The van der Waals surface area contributed by atoms with Gasteiger partial charge in [-0.15, -0.1) is 0 Å². The van der Waals surface area contributed by atoms with Crippen molar-refractivity contribution in [2.24, 2.45) is 0 Å². The number of rotatable bonds is 4. The Labute approximate surface area is 91.7 Å². The first kappa shape index (κ1) is 10.5. The number of methoxy groups -OCH3 is 1. The van der Waals surface area contributed by atoms with Gasteiger partial charge in [-0.1, -0.05) is 0 Å². The smallest absolute Gasteiger partial charge is 0.303 e. The van der Waals surface area contributed by atoms with Gasteiger partial charge in [0.05, 0.1) is 13.5 Å². The molecule has 84 valence electrons. The summed E-state index contributed by atoms with van der Waals surface area (Å²) in [6, 6.07) is 5.29. The van der Waals surface area contributed by atoms with Crippen molar-refractivity contribution in [2.45, 2.75) is 12.8 Å². The lowest BCUT2D eigenvalue weighted by atomic mass is 10.3. The number of aryl methyl sites for hydroxylation is 1. The van der Waals surface area contributed by atoms with Crippen LogP contribution in [0.5, 0.6) is 5.75 Å². The van der Waals surface area contributed by atoms with Gasteiger partial charge in [0.1, 0.15) is 11.3 Å². The van der Waals surface area contributed by atoms with Crippen molar-refractivity contribution < 1.29 is 19.1 Å². The first-order chi connectivity index (χ1) is 7.69. The third kappa shape index (κ3) is 2.13. The zero-order valence-corrected chi connectivity index (χ0v) is 8.77. The maximum Gasteiger partial charge on any atom is 0.303 e. The van der Waals surface area contributed by atoms with E-state index in [9.17, 15) is 4.79 Å². The number of hydrogen-bond acceptors (Lipinski definition) is 4. The van der Waals surface area contributed by atoms with Gasteiger partial charge in [-0.3, -0.25) is 4.79 Å². The zero-order valence-electron chi connectivity index (χ0n) is 8.77. The Kier molecular flexibility index (Phi) is 2.76. The molecule has 0 aliphatic rings. The number of benzene rings is 1. The van der Waals surface area contributed by atoms with Crippen LogP contribution in [0.3, 0.4) is 0 Å². The molecule has 2 rings (SSSR count). The second-order valence-corrected chi connectivity index (χ2v) is 3.33. The average molecular weight is 221 g/mol. The molecule has 5 nitrogen and oxygen atoms in total. The molecule has 1 heterocycles. The fraction of sp³-hybridized carbons (Fsp3) is 0.273. The summed E-state index contributed by atoms with van der Waals surface area (Å²) in [6.45, 7) is 0. The molecule has 16 heavy (non-hydrogen) atoms. The number of fused-ring (bicyclic) bond motifs is 1. The lowest BCUT2D eigenvalue weighted by molar-refractivity contribution is -0.137. The third-order valence-corrected chi connectivity index (χ3v) is 2.19. The van der Waals surface area contributed by atoms with Crippen LogP contribution in [0.4, 0.5) is 0 Å². The van der Waals surface area contributed by atoms with Crippen molar-refractivity contribution in [2.75, 3.05) is 7.11 Å². The van der Waals surface area contributed by atoms with Crippen molar-refractivity contribution in [1.82, 2.24) is 4.98 Å².